The van der Waals surface area contributed by atoms with Crippen molar-refractivity contribution < 1.29 is 23.8 Å². The van der Waals surface area contributed by atoms with E-state index in [2.05, 4.69) is 22.4 Å². The molecular formula is C32H31ClN6O6. The lowest BCUT2D eigenvalue weighted by Crippen LogP contribution is -2.49. The zero-order valence-corrected chi connectivity index (χ0v) is 25.7. The summed E-state index contributed by atoms with van der Waals surface area (Å²) in [5.41, 5.74) is 3.39. The van der Waals surface area contributed by atoms with Gasteiger partial charge in [-0.1, -0.05) is 35.5 Å². The van der Waals surface area contributed by atoms with Crippen LogP contribution < -0.4 is 20.3 Å². The number of hydrogen-bond donors (Lipinski definition) is 2. The number of carbonyl (C=O) groups is 2. The quantitative estimate of drug-likeness (QED) is 0.159. The van der Waals surface area contributed by atoms with E-state index in [4.69, 9.17) is 20.9 Å². The summed E-state index contributed by atoms with van der Waals surface area (Å²) in [6.45, 7) is 8.76. The van der Waals surface area contributed by atoms with Crippen LogP contribution in [0.3, 0.4) is 0 Å². The third-order valence-electron chi connectivity index (χ3n) is 7.36. The fourth-order valence-corrected chi connectivity index (χ4v) is 5.42. The van der Waals surface area contributed by atoms with Crippen LogP contribution in [-0.4, -0.2) is 60.1 Å². The molecule has 1 aliphatic rings. The molecule has 0 aliphatic carbocycles. The van der Waals surface area contributed by atoms with Gasteiger partial charge >= 0.3 is 0 Å². The van der Waals surface area contributed by atoms with Crippen molar-refractivity contribution in [1.29, 1.82) is 0 Å². The number of ether oxygens (including phenoxy) is 1. The number of nitrogens with one attached hydrogen (secondary N) is 2. The first-order valence-corrected chi connectivity index (χ1v) is 14.4. The van der Waals surface area contributed by atoms with Crippen molar-refractivity contribution >= 4 is 46.2 Å². The van der Waals surface area contributed by atoms with Crippen LogP contribution >= 0.6 is 11.6 Å². The molecule has 2 heterocycles. The monoisotopic (exact) mass is 630 g/mol. The number of nitro groups is 1. The summed E-state index contributed by atoms with van der Waals surface area (Å²) in [5.74, 6) is 0.209. The van der Waals surface area contributed by atoms with E-state index in [1.54, 1.807) is 49.3 Å². The normalized spacial score (nSPS) is 12.9. The first-order valence-electron chi connectivity index (χ1n) is 14.0. The van der Waals surface area contributed by atoms with Crippen LogP contribution in [0.5, 0.6) is 5.75 Å². The van der Waals surface area contributed by atoms with E-state index in [-0.39, 0.29) is 22.3 Å². The van der Waals surface area contributed by atoms with Crippen LogP contribution in [0, 0.1) is 17.0 Å². The van der Waals surface area contributed by atoms with Crippen LogP contribution in [-0.2, 0) is 0 Å². The Morgan fingerprint density at radius 2 is 1.76 bits per heavy atom. The molecule has 13 heteroatoms. The van der Waals surface area contributed by atoms with E-state index < -0.39 is 10.8 Å². The standard InChI is InChI=1S/C32H31ClN6O6/c1-19(2)34-22-11-9-21(10-12-22)31(40)35-25-18-26(24(33)17-27(25)39(42)43)37-13-15-38(16-14-37)32(41)29-20(3)45-36-30(29)23-7-5-6-8-28(23)44-4/h5-12,17-18,34H,1,13-16H2,2-4H3,(H,35,40). The van der Waals surface area contributed by atoms with Gasteiger partial charge in [0.05, 0.1) is 22.7 Å². The number of anilines is 3. The minimum atomic E-state index is -0.595. The van der Waals surface area contributed by atoms with Gasteiger partial charge in [0.2, 0.25) is 0 Å². The number of benzene rings is 3. The zero-order chi connectivity index (χ0) is 32.2. The molecule has 1 aromatic heterocycles. The molecule has 232 valence electrons. The molecule has 0 radical (unpaired) electrons. The predicted molar refractivity (Wildman–Crippen MR) is 172 cm³/mol. The van der Waals surface area contributed by atoms with Crippen molar-refractivity contribution in [2.75, 3.05) is 48.8 Å². The maximum Gasteiger partial charge on any atom is 0.294 e. The third-order valence-corrected chi connectivity index (χ3v) is 7.66. The number of amides is 2. The molecule has 1 saturated heterocycles. The molecule has 2 N–H and O–H groups in total. The maximum absolute atomic E-state index is 13.7. The lowest BCUT2D eigenvalue weighted by atomic mass is 10.0. The van der Waals surface area contributed by atoms with Gasteiger partial charge in [0.1, 0.15) is 28.5 Å². The molecule has 0 unspecified atom stereocenters. The Balaban J connectivity index is 1.33. The number of halogens is 1. The van der Waals surface area contributed by atoms with Crippen molar-refractivity contribution in [2.45, 2.75) is 13.8 Å². The van der Waals surface area contributed by atoms with E-state index in [1.165, 1.54) is 12.1 Å². The predicted octanol–water partition coefficient (Wildman–Crippen LogP) is 6.38. The van der Waals surface area contributed by atoms with Gasteiger partial charge in [-0.05, 0) is 56.3 Å². The Morgan fingerprint density at radius 3 is 2.40 bits per heavy atom. The van der Waals surface area contributed by atoms with Gasteiger partial charge in [0.25, 0.3) is 17.5 Å². The summed E-state index contributed by atoms with van der Waals surface area (Å²) in [6, 6.07) is 16.6. The Morgan fingerprint density at radius 1 is 1.07 bits per heavy atom. The number of allylic oxidation sites excluding steroid dienone is 1. The minimum Gasteiger partial charge on any atom is -0.496 e. The van der Waals surface area contributed by atoms with Crippen LogP contribution in [0.15, 0.2) is 77.5 Å². The van der Waals surface area contributed by atoms with E-state index in [0.717, 1.165) is 11.4 Å². The molecule has 5 rings (SSSR count). The fraction of sp³-hybridized carbons (Fsp3) is 0.219. The average Bonchev–Trinajstić information content (AvgIpc) is 3.42. The van der Waals surface area contributed by atoms with Crippen LogP contribution in [0.25, 0.3) is 11.3 Å². The van der Waals surface area contributed by atoms with Crippen molar-refractivity contribution in [2.24, 2.45) is 0 Å². The number of aryl methyl sites for hydroxylation is 1. The highest BCUT2D eigenvalue weighted by atomic mass is 35.5. The van der Waals surface area contributed by atoms with Crippen LogP contribution in [0.4, 0.5) is 22.7 Å². The second-order valence-corrected chi connectivity index (χ2v) is 10.9. The summed E-state index contributed by atoms with van der Waals surface area (Å²) in [6.07, 6.45) is 0. The Bertz CT molecular complexity index is 1780. The molecule has 4 aromatic rings. The zero-order valence-electron chi connectivity index (χ0n) is 24.9. The lowest BCUT2D eigenvalue weighted by molar-refractivity contribution is -0.383. The second-order valence-electron chi connectivity index (χ2n) is 10.5. The molecule has 12 nitrogen and oxygen atoms in total. The number of nitro benzene ring substituents is 1. The number of carbonyl (C=O) groups excluding carboxylic acids is 2. The topological polar surface area (TPSA) is 143 Å². The molecule has 2 amide bonds. The van der Waals surface area contributed by atoms with Gasteiger partial charge in [0.15, 0.2) is 0 Å². The van der Waals surface area contributed by atoms with E-state index >= 15 is 0 Å². The highest BCUT2D eigenvalue weighted by Gasteiger charge is 2.31. The minimum absolute atomic E-state index is 0.00795. The molecular weight excluding hydrogens is 600 g/mol. The lowest BCUT2D eigenvalue weighted by Gasteiger charge is -2.36. The molecule has 1 fully saturated rings. The summed E-state index contributed by atoms with van der Waals surface area (Å²) in [7, 11) is 1.55. The number of nitrogens with zero attached hydrogens (tertiary/aromatic N) is 4. The van der Waals surface area contributed by atoms with Crippen LogP contribution in [0.2, 0.25) is 5.02 Å². The molecule has 1 aliphatic heterocycles. The Labute approximate surface area is 264 Å². The van der Waals surface area contributed by atoms with Crippen molar-refractivity contribution in [1.82, 2.24) is 10.1 Å². The molecule has 0 bridgehead atoms. The second kappa shape index (κ2) is 13.1. The van der Waals surface area contributed by atoms with Crippen LogP contribution in [0.1, 0.15) is 33.4 Å². The van der Waals surface area contributed by atoms with E-state index in [9.17, 15) is 19.7 Å². The van der Waals surface area contributed by atoms with Gasteiger partial charge in [-0.15, -0.1) is 0 Å². The van der Waals surface area contributed by atoms with Crippen molar-refractivity contribution in [3.05, 3.63) is 105 Å². The number of aromatic nitrogens is 1. The molecule has 0 atom stereocenters. The van der Waals surface area contributed by atoms with Gasteiger partial charge in [0, 0.05) is 54.8 Å². The molecule has 0 spiro atoms. The molecule has 45 heavy (non-hydrogen) atoms. The van der Waals surface area contributed by atoms with Crippen molar-refractivity contribution in [3.8, 4) is 17.0 Å². The summed E-state index contributed by atoms with van der Waals surface area (Å²) in [4.78, 5) is 41.6. The summed E-state index contributed by atoms with van der Waals surface area (Å²) < 4.78 is 10.9. The average molecular weight is 631 g/mol. The Kier molecular flexibility index (Phi) is 9.05. The Hall–Kier alpha value is -5.36. The third kappa shape index (κ3) is 6.60. The SMILES string of the molecule is C=C(C)Nc1ccc(C(=O)Nc2cc(N3CCN(C(=O)c4c(-c5ccccc5OC)noc4C)CC3)c(Cl)cc2[N+](=O)[O-])cc1. The highest BCUT2D eigenvalue weighted by molar-refractivity contribution is 6.33. The van der Waals surface area contributed by atoms with E-state index in [0.29, 0.717) is 65.8 Å². The fourth-order valence-electron chi connectivity index (χ4n) is 5.15. The highest BCUT2D eigenvalue weighted by Crippen LogP contribution is 2.38. The number of piperazine rings is 1. The largest absolute Gasteiger partial charge is 0.496 e. The summed E-state index contributed by atoms with van der Waals surface area (Å²) >= 11 is 6.52. The smallest absolute Gasteiger partial charge is 0.294 e. The number of methoxy groups -OCH3 is 1. The molecule has 0 saturated carbocycles. The number of hydrogen-bond acceptors (Lipinski definition) is 9. The van der Waals surface area contributed by atoms with Gasteiger partial charge in [-0.25, -0.2) is 0 Å². The van der Waals surface area contributed by atoms with Crippen molar-refractivity contribution in [3.63, 3.8) is 0 Å². The number of para-hydroxylation sites is 1. The molecule has 3 aromatic carbocycles. The number of rotatable bonds is 9. The van der Waals surface area contributed by atoms with Gasteiger partial charge in [-0.3, -0.25) is 19.7 Å². The first kappa shape index (κ1) is 31.1. The maximum atomic E-state index is 13.7. The van der Waals surface area contributed by atoms with E-state index in [1.807, 2.05) is 30.0 Å². The first-order chi connectivity index (χ1) is 21.6. The summed E-state index contributed by atoms with van der Waals surface area (Å²) in [5, 5.41) is 21.9. The van der Waals surface area contributed by atoms with Gasteiger partial charge in [-0.2, -0.15) is 0 Å². The van der Waals surface area contributed by atoms with Gasteiger partial charge < -0.3 is 29.7 Å².